The van der Waals surface area contributed by atoms with Crippen molar-refractivity contribution in [3.05, 3.63) is 27.3 Å². The second kappa shape index (κ2) is 7.94. The molecule has 1 amide bonds. The average Bonchev–Trinajstić information content (AvgIpc) is 2.45. The summed E-state index contributed by atoms with van der Waals surface area (Å²) in [4.78, 5) is 14.6. The van der Waals surface area contributed by atoms with Crippen molar-refractivity contribution in [1.82, 2.24) is 9.21 Å². The summed E-state index contributed by atoms with van der Waals surface area (Å²) in [7, 11) is 1.16. The molecule has 23 heavy (non-hydrogen) atoms. The van der Waals surface area contributed by atoms with Crippen LogP contribution in [0.25, 0.3) is 0 Å². The van der Waals surface area contributed by atoms with Gasteiger partial charge in [0.25, 0.3) is 5.91 Å². The van der Waals surface area contributed by atoms with Gasteiger partial charge in [0.05, 0.1) is 10.5 Å². The summed E-state index contributed by atoms with van der Waals surface area (Å²) in [5, 5.41) is 0. The number of hydrogen-bond donors (Lipinski definition) is 0. The predicted octanol–water partition coefficient (Wildman–Crippen LogP) is 3.05. The number of carbonyl (C=O) groups is 1. The topological polar surface area (TPSA) is 57.7 Å². The summed E-state index contributed by atoms with van der Waals surface area (Å²) in [6.45, 7) is 6.23. The Labute approximate surface area is 153 Å². The van der Waals surface area contributed by atoms with Gasteiger partial charge in [-0.15, -0.1) is 0 Å². The molecule has 0 aromatic heterocycles. The number of carbonyl (C=O) groups excluding carboxylic acids is 1. The van der Waals surface area contributed by atoms with Gasteiger partial charge in [-0.05, 0) is 60.1 Å². The standard InChI is InChI=1S/C16H25IN2O3S/c1-11(2)9-12(3)19(6)16(20)14-10-13(7-8-15(14)17)23(21,22)18(4)5/h7-8,10-12H,9H2,1-6H3. The van der Waals surface area contributed by atoms with E-state index >= 15 is 0 Å². The highest BCUT2D eigenvalue weighted by atomic mass is 127. The molecule has 1 aromatic carbocycles. The lowest BCUT2D eigenvalue weighted by Crippen LogP contribution is -2.36. The van der Waals surface area contributed by atoms with Crippen LogP contribution in [0.3, 0.4) is 0 Å². The number of amides is 1. The summed E-state index contributed by atoms with van der Waals surface area (Å²) in [5.41, 5.74) is 0.423. The molecule has 0 saturated heterocycles. The van der Waals surface area contributed by atoms with E-state index in [1.54, 1.807) is 18.0 Å². The van der Waals surface area contributed by atoms with Gasteiger partial charge in [-0.1, -0.05) is 13.8 Å². The maximum absolute atomic E-state index is 12.8. The Hall–Kier alpha value is -0.670. The first-order valence-electron chi connectivity index (χ1n) is 7.47. The molecule has 1 aromatic rings. The molecule has 0 bridgehead atoms. The molecular formula is C16H25IN2O3S. The highest BCUT2D eigenvalue weighted by Gasteiger charge is 2.24. The number of benzene rings is 1. The van der Waals surface area contributed by atoms with Gasteiger partial charge < -0.3 is 4.90 Å². The minimum atomic E-state index is -3.56. The molecule has 0 radical (unpaired) electrons. The van der Waals surface area contributed by atoms with E-state index in [2.05, 4.69) is 36.4 Å². The summed E-state index contributed by atoms with van der Waals surface area (Å²) >= 11 is 2.06. The monoisotopic (exact) mass is 452 g/mol. The zero-order valence-corrected chi connectivity index (χ0v) is 17.5. The smallest absolute Gasteiger partial charge is 0.254 e. The van der Waals surface area contributed by atoms with Crippen LogP contribution < -0.4 is 0 Å². The third kappa shape index (κ3) is 4.90. The van der Waals surface area contributed by atoms with Gasteiger partial charge in [0.1, 0.15) is 0 Å². The number of halogens is 1. The molecule has 5 nitrogen and oxygen atoms in total. The van der Waals surface area contributed by atoms with E-state index < -0.39 is 10.0 Å². The lowest BCUT2D eigenvalue weighted by Gasteiger charge is -2.27. The first-order valence-corrected chi connectivity index (χ1v) is 9.99. The van der Waals surface area contributed by atoms with Crippen LogP contribution in [0.15, 0.2) is 23.1 Å². The number of sulfonamides is 1. The Morgan fingerprint density at radius 3 is 2.22 bits per heavy atom. The highest BCUT2D eigenvalue weighted by molar-refractivity contribution is 14.1. The van der Waals surface area contributed by atoms with Crippen molar-refractivity contribution in [3.63, 3.8) is 0 Å². The van der Waals surface area contributed by atoms with Crippen molar-refractivity contribution in [1.29, 1.82) is 0 Å². The first kappa shape index (κ1) is 20.4. The average molecular weight is 452 g/mol. The second-order valence-corrected chi connectivity index (χ2v) is 9.64. The molecule has 0 heterocycles. The summed E-state index contributed by atoms with van der Waals surface area (Å²) in [5.74, 6) is 0.332. The number of rotatable bonds is 6. The molecule has 0 N–H and O–H groups in total. The molecule has 0 spiro atoms. The Morgan fingerprint density at radius 1 is 1.17 bits per heavy atom. The van der Waals surface area contributed by atoms with E-state index in [4.69, 9.17) is 0 Å². The van der Waals surface area contributed by atoms with Gasteiger partial charge in [-0.3, -0.25) is 4.79 Å². The fraction of sp³-hybridized carbons (Fsp3) is 0.562. The molecule has 1 rings (SSSR count). The minimum Gasteiger partial charge on any atom is -0.339 e. The molecule has 0 aliphatic heterocycles. The summed E-state index contributed by atoms with van der Waals surface area (Å²) in [6, 6.07) is 4.77. The van der Waals surface area contributed by atoms with Crippen LogP contribution in [0.4, 0.5) is 0 Å². The molecule has 0 fully saturated rings. The quantitative estimate of drug-likeness (QED) is 0.624. The largest absolute Gasteiger partial charge is 0.339 e. The van der Waals surface area contributed by atoms with Gasteiger partial charge >= 0.3 is 0 Å². The van der Waals surface area contributed by atoms with Gasteiger partial charge in [0.2, 0.25) is 10.0 Å². The molecule has 0 aliphatic rings. The van der Waals surface area contributed by atoms with E-state index in [1.165, 1.54) is 26.2 Å². The maximum atomic E-state index is 12.8. The third-order valence-corrected chi connectivity index (χ3v) is 6.49. The van der Waals surface area contributed by atoms with Gasteiger partial charge in [-0.25, -0.2) is 12.7 Å². The molecule has 1 unspecified atom stereocenters. The summed E-state index contributed by atoms with van der Waals surface area (Å²) < 4.78 is 26.4. The zero-order chi connectivity index (χ0) is 17.9. The predicted molar refractivity (Wildman–Crippen MR) is 101 cm³/mol. The fourth-order valence-electron chi connectivity index (χ4n) is 2.27. The molecule has 130 valence electrons. The first-order chi connectivity index (χ1) is 10.5. The molecule has 7 heteroatoms. The minimum absolute atomic E-state index is 0.0902. The number of nitrogens with zero attached hydrogens (tertiary/aromatic N) is 2. The Morgan fingerprint density at radius 2 is 1.74 bits per heavy atom. The Balaban J connectivity index is 3.20. The highest BCUT2D eigenvalue weighted by Crippen LogP contribution is 2.22. The fourth-order valence-corrected chi connectivity index (χ4v) is 3.76. The van der Waals surface area contributed by atoms with E-state index in [0.29, 0.717) is 11.5 Å². The molecule has 0 saturated carbocycles. The van der Waals surface area contributed by atoms with Crippen molar-refractivity contribution in [3.8, 4) is 0 Å². The van der Waals surface area contributed by atoms with Crippen LogP contribution in [0.2, 0.25) is 0 Å². The summed E-state index contributed by atoms with van der Waals surface area (Å²) in [6.07, 6.45) is 0.897. The maximum Gasteiger partial charge on any atom is 0.254 e. The van der Waals surface area contributed by atoms with E-state index in [-0.39, 0.29) is 16.8 Å². The van der Waals surface area contributed by atoms with Crippen molar-refractivity contribution >= 4 is 38.5 Å². The van der Waals surface area contributed by atoms with Crippen LogP contribution in [-0.4, -0.2) is 50.7 Å². The van der Waals surface area contributed by atoms with Crippen molar-refractivity contribution in [2.75, 3.05) is 21.1 Å². The zero-order valence-electron chi connectivity index (χ0n) is 14.5. The van der Waals surface area contributed by atoms with Gasteiger partial charge in [0, 0.05) is 30.8 Å². The normalized spacial score (nSPS) is 13.4. The van der Waals surface area contributed by atoms with Crippen LogP contribution >= 0.6 is 22.6 Å². The van der Waals surface area contributed by atoms with Gasteiger partial charge in [0.15, 0.2) is 0 Å². The van der Waals surface area contributed by atoms with E-state index in [0.717, 1.165) is 14.3 Å². The SMILES string of the molecule is CC(C)CC(C)N(C)C(=O)c1cc(S(=O)(=O)N(C)C)ccc1I. The lowest BCUT2D eigenvalue weighted by atomic mass is 10.0. The van der Waals surface area contributed by atoms with Crippen LogP contribution in [0, 0.1) is 9.49 Å². The van der Waals surface area contributed by atoms with Crippen molar-refractivity contribution < 1.29 is 13.2 Å². The molecule has 0 aliphatic carbocycles. The van der Waals surface area contributed by atoms with E-state index in [9.17, 15) is 13.2 Å². The van der Waals surface area contributed by atoms with E-state index in [1.807, 2.05) is 6.92 Å². The van der Waals surface area contributed by atoms with Crippen molar-refractivity contribution in [2.24, 2.45) is 5.92 Å². The number of hydrogen-bond acceptors (Lipinski definition) is 3. The Bertz CT molecular complexity index is 672. The van der Waals surface area contributed by atoms with Crippen LogP contribution in [0.5, 0.6) is 0 Å². The Kier molecular flexibility index (Phi) is 7.03. The third-order valence-electron chi connectivity index (χ3n) is 3.74. The lowest BCUT2D eigenvalue weighted by molar-refractivity contribution is 0.0727. The van der Waals surface area contributed by atoms with Crippen molar-refractivity contribution in [2.45, 2.75) is 38.1 Å². The molecular weight excluding hydrogens is 427 g/mol. The van der Waals surface area contributed by atoms with Crippen LogP contribution in [0.1, 0.15) is 37.6 Å². The second-order valence-electron chi connectivity index (χ2n) is 6.32. The van der Waals surface area contributed by atoms with Crippen LogP contribution in [-0.2, 0) is 10.0 Å². The van der Waals surface area contributed by atoms with Gasteiger partial charge in [-0.2, -0.15) is 0 Å². The molecule has 1 atom stereocenters.